The first-order chi connectivity index (χ1) is 5.36. The molecule has 0 aromatic heterocycles. The molecule has 0 aromatic rings. The van der Waals surface area contributed by atoms with Gasteiger partial charge in [-0.05, 0) is 31.1 Å². The van der Waals surface area contributed by atoms with Gasteiger partial charge in [0.1, 0.15) is 0 Å². The van der Waals surface area contributed by atoms with E-state index in [-0.39, 0.29) is 0 Å². The Morgan fingerprint density at radius 2 is 2.18 bits per heavy atom. The van der Waals surface area contributed by atoms with E-state index in [0.717, 1.165) is 11.8 Å². The maximum Gasteiger partial charge on any atom is -0.0233 e. The van der Waals surface area contributed by atoms with Gasteiger partial charge in [0, 0.05) is 0 Å². The first-order valence-electron chi connectivity index (χ1n) is 5.03. The molecule has 2 atom stereocenters. The van der Waals surface area contributed by atoms with Crippen LogP contribution in [0.25, 0.3) is 0 Å². The van der Waals surface area contributed by atoms with Crippen LogP contribution in [0.15, 0.2) is 12.2 Å². The van der Waals surface area contributed by atoms with Crippen LogP contribution >= 0.6 is 0 Å². The van der Waals surface area contributed by atoms with Gasteiger partial charge in [-0.15, -0.1) is 0 Å². The van der Waals surface area contributed by atoms with E-state index >= 15 is 0 Å². The zero-order valence-corrected chi connectivity index (χ0v) is 7.84. The molecule has 1 rings (SSSR count). The van der Waals surface area contributed by atoms with Gasteiger partial charge in [0.25, 0.3) is 0 Å². The maximum absolute atomic E-state index is 2.41. The second kappa shape index (κ2) is 4.58. The molecule has 64 valence electrons. The van der Waals surface area contributed by atoms with Crippen LogP contribution < -0.4 is 0 Å². The molecule has 0 N–H and O–H groups in total. The first-order valence-corrected chi connectivity index (χ1v) is 5.03. The Labute approximate surface area is 70.7 Å². The molecule has 0 spiro atoms. The van der Waals surface area contributed by atoms with Crippen molar-refractivity contribution in [3.8, 4) is 0 Å². The Kier molecular flexibility index (Phi) is 3.68. The van der Waals surface area contributed by atoms with Gasteiger partial charge in [0.2, 0.25) is 0 Å². The third-order valence-electron chi connectivity index (χ3n) is 2.74. The van der Waals surface area contributed by atoms with Gasteiger partial charge >= 0.3 is 0 Å². The fourth-order valence-corrected chi connectivity index (χ4v) is 2.01. The van der Waals surface area contributed by atoms with E-state index < -0.39 is 0 Å². The Morgan fingerprint density at radius 3 is 2.82 bits per heavy atom. The van der Waals surface area contributed by atoms with Crippen molar-refractivity contribution in [2.75, 3.05) is 0 Å². The summed E-state index contributed by atoms with van der Waals surface area (Å²) in [7, 11) is 0. The van der Waals surface area contributed by atoms with Gasteiger partial charge in [0.05, 0.1) is 0 Å². The highest BCUT2D eigenvalue weighted by Gasteiger charge is 2.14. The van der Waals surface area contributed by atoms with E-state index in [9.17, 15) is 0 Å². The number of hydrogen-bond donors (Lipinski definition) is 0. The van der Waals surface area contributed by atoms with Gasteiger partial charge in [0.15, 0.2) is 0 Å². The van der Waals surface area contributed by atoms with Gasteiger partial charge in [-0.2, -0.15) is 0 Å². The predicted octanol–water partition coefficient (Wildman–Crippen LogP) is 3.78. The summed E-state index contributed by atoms with van der Waals surface area (Å²) < 4.78 is 0. The number of rotatable bonds is 3. The van der Waals surface area contributed by atoms with Crippen molar-refractivity contribution in [1.29, 1.82) is 0 Å². The van der Waals surface area contributed by atoms with Gasteiger partial charge < -0.3 is 0 Å². The summed E-state index contributed by atoms with van der Waals surface area (Å²) in [6, 6.07) is 0. The van der Waals surface area contributed by atoms with Gasteiger partial charge in [-0.25, -0.2) is 0 Å². The smallest absolute Gasteiger partial charge is 0.0233 e. The minimum absolute atomic E-state index is 0.889. The van der Waals surface area contributed by atoms with Crippen molar-refractivity contribution in [3.05, 3.63) is 12.2 Å². The lowest BCUT2D eigenvalue weighted by molar-refractivity contribution is 0.368. The zero-order valence-electron chi connectivity index (χ0n) is 7.84. The van der Waals surface area contributed by atoms with E-state index in [0.29, 0.717) is 0 Å². The summed E-state index contributed by atoms with van der Waals surface area (Å²) in [5, 5.41) is 0. The predicted molar refractivity (Wildman–Crippen MR) is 50.6 cm³/mol. The minimum atomic E-state index is 0.889. The summed E-state index contributed by atoms with van der Waals surface area (Å²) in [6.45, 7) is 4.59. The van der Waals surface area contributed by atoms with Crippen molar-refractivity contribution >= 4 is 0 Å². The van der Waals surface area contributed by atoms with Crippen LogP contribution in [0.2, 0.25) is 0 Å². The minimum Gasteiger partial charge on any atom is -0.0880 e. The van der Waals surface area contributed by atoms with Crippen LogP contribution in [0.3, 0.4) is 0 Å². The Balaban J connectivity index is 2.32. The molecule has 0 heterocycles. The monoisotopic (exact) mass is 152 g/mol. The molecule has 0 aliphatic heterocycles. The molecule has 0 fully saturated rings. The van der Waals surface area contributed by atoms with Crippen LogP contribution in [0, 0.1) is 11.8 Å². The highest BCUT2D eigenvalue weighted by atomic mass is 14.2. The summed E-state index contributed by atoms with van der Waals surface area (Å²) in [5.41, 5.74) is 0. The second-order valence-corrected chi connectivity index (χ2v) is 3.72. The largest absolute Gasteiger partial charge is 0.0880 e. The Morgan fingerprint density at radius 1 is 1.36 bits per heavy atom. The Hall–Kier alpha value is -0.260. The number of allylic oxidation sites excluding steroid dienone is 2. The fraction of sp³-hybridized carbons (Fsp3) is 0.818. The topological polar surface area (TPSA) is 0 Å². The molecule has 1 aliphatic carbocycles. The lowest BCUT2D eigenvalue weighted by Gasteiger charge is -2.23. The zero-order chi connectivity index (χ0) is 8.10. The molecule has 0 saturated carbocycles. The molecular formula is C11H20. The van der Waals surface area contributed by atoms with Gasteiger partial charge in [-0.1, -0.05) is 38.8 Å². The molecule has 11 heavy (non-hydrogen) atoms. The number of hydrogen-bond acceptors (Lipinski definition) is 0. The van der Waals surface area contributed by atoms with Crippen molar-refractivity contribution in [2.45, 2.75) is 46.0 Å². The van der Waals surface area contributed by atoms with E-state index in [1.165, 1.54) is 32.1 Å². The molecular weight excluding hydrogens is 132 g/mol. The highest BCUT2D eigenvalue weighted by molar-refractivity contribution is 4.95. The van der Waals surface area contributed by atoms with E-state index in [1.807, 2.05) is 0 Å². The molecule has 0 aromatic carbocycles. The molecule has 0 saturated heterocycles. The van der Waals surface area contributed by atoms with Crippen molar-refractivity contribution < 1.29 is 0 Å². The Bertz CT molecular complexity index is 124. The quantitative estimate of drug-likeness (QED) is 0.540. The van der Waals surface area contributed by atoms with Crippen LogP contribution in [-0.4, -0.2) is 0 Å². The molecule has 0 heteroatoms. The van der Waals surface area contributed by atoms with Crippen LogP contribution in [0.1, 0.15) is 46.0 Å². The third-order valence-corrected chi connectivity index (χ3v) is 2.74. The normalized spacial score (nSPS) is 30.7. The second-order valence-electron chi connectivity index (χ2n) is 3.72. The summed E-state index contributed by atoms with van der Waals surface area (Å²) >= 11 is 0. The van der Waals surface area contributed by atoms with Crippen LogP contribution in [0.4, 0.5) is 0 Å². The fourth-order valence-electron chi connectivity index (χ4n) is 2.01. The van der Waals surface area contributed by atoms with Crippen molar-refractivity contribution in [1.82, 2.24) is 0 Å². The van der Waals surface area contributed by atoms with E-state index in [4.69, 9.17) is 0 Å². The first kappa shape index (κ1) is 8.83. The standard InChI is InChI=1S/C11H20/c1-3-6-11-8-5-7-10(4-2)9-11/h5,7,10-11H,3-4,6,8-9H2,1-2H3. The third kappa shape index (κ3) is 2.69. The van der Waals surface area contributed by atoms with Crippen LogP contribution in [-0.2, 0) is 0 Å². The molecule has 0 nitrogen and oxygen atoms in total. The highest BCUT2D eigenvalue weighted by Crippen LogP contribution is 2.28. The molecule has 2 unspecified atom stereocenters. The summed E-state index contributed by atoms with van der Waals surface area (Å²) in [5.74, 6) is 1.88. The summed E-state index contributed by atoms with van der Waals surface area (Å²) in [6.07, 6.45) is 11.7. The molecule has 0 radical (unpaired) electrons. The van der Waals surface area contributed by atoms with E-state index in [1.54, 1.807) is 0 Å². The molecule has 1 aliphatic rings. The van der Waals surface area contributed by atoms with Crippen LogP contribution in [0.5, 0.6) is 0 Å². The molecule has 0 amide bonds. The average Bonchev–Trinajstić information content (AvgIpc) is 2.06. The average molecular weight is 152 g/mol. The van der Waals surface area contributed by atoms with Gasteiger partial charge in [-0.3, -0.25) is 0 Å². The SMILES string of the molecule is CCCC1CC=CC(CC)C1. The lowest BCUT2D eigenvalue weighted by atomic mass is 9.83. The van der Waals surface area contributed by atoms with Crippen molar-refractivity contribution in [2.24, 2.45) is 11.8 Å². The summed E-state index contributed by atoms with van der Waals surface area (Å²) in [4.78, 5) is 0. The molecule has 0 bridgehead atoms. The van der Waals surface area contributed by atoms with E-state index in [2.05, 4.69) is 26.0 Å². The lowest BCUT2D eigenvalue weighted by Crippen LogP contribution is -2.10. The maximum atomic E-state index is 2.41. The van der Waals surface area contributed by atoms with Crippen molar-refractivity contribution in [3.63, 3.8) is 0 Å².